The van der Waals surface area contributed by atoms with Gasteiger partial charge in [-0.15, -0.1) is 0 Å². The van der Waals surface area contributed by atoms with Crippen molar-refractivity contribution in [1.29, 1.82) is 0 Å². The third-order valence-electron chi connectivity index (χ3n) is 8.71. The van der Waals surface area contributed by atoms with E-state index in [4.69, 9.17) is 4.74 Å². The maximum atomic E-state index is 13.9. The Morgan fingerprint density at radius 1 is 1.07 bits per heavy atom. The number of ketones is 1. The highest BCUT2D eigenvalue weighted by Gasteiger charge is 2.65. The van der Waals surface area contributed by atoms with Crippen LogP contribution in [0.2, 0.25) is 0 Å². The van der Waals surface area contributed by atoms with Crippen LogP contribution < -0.4 is 5.32 Å². The summed E-state index contributed by atoms with van der Waals surface area (Å²) in [7, 11) is 0. The second-order valence-electron chi connectivity index (χ2n) is 10.9. The smallest absolute Gasteiger partial charge is 0.139 e. The summed E-state index contributed by atoms with van der Waals surface area (Å²) >= 11 is 0. The Morgan fingerprint density at radius 2 is 1.86 bits per heavy atom. The van der Waals surface area contributed by atoms with Crippen molar-refractivity contribution in [2.45, 2.75) is 70.1 Å². The van der Waals surface area contributed by atoms with Crippen molar-refractivity contribution in [2.24, 2.45) is 22.7 Å². The summed E-state index contributed by atoms with van der Waals surface area (Å²) in [5.74, 6) is 1.87. The van der Waals surface area contributed by atoms with Gasteiger partial charge >= 0.3 is 0 Å². The molecule has 3 nitrogen and oxygen atoms in total. The maximum Gasteiger partial charge on any atom is 0.139 e. The summed E-state index contributed by atoms with van der Waals surface area (Å²) in [4.78, 5) is 13.9. The highest BCUT2D eigenvalue weighted by Crippen LogP contribution is 2.70. The van der Waals surface area contributed by atoms with Gasteiger partial charge in [0.15, 0.2) is 0 Å². The Labute approximate surface area is 176 Å². The lowest BCUT2D eigenvalue weighted by Crippen LogP contribution is -2.62. The molecule has 4 saturated carbocycles. The van der Waals surface area contributed by atoms with Crippen LogP contribution in [0.3, 0.4) is 0 Å². The summed E-state index contributed by atoms with van der Waals surface area (Å²) < 4.78 is 6.05. The molecule has 29 heavy (non-hydrogen) atoms. The second-order valence-corrected chi connectivity index (χ2v) is 10.9. The van der Waals surface area contributed by atoms with Crippen LogP contribution >= 0.6 is 0 Å². The van der Waals surface area contributed by atoms with Gasteiger partial charge in [-0.1, -0.05) is 30.3 Å². The van der Waals surface area contributed by atoms with Gasteiger partial charge < -0.3 is 10.1 Å². The third kappa shape index (κ3) is 3.49. The fraction of sp³-hybridized carbons (Fsp3) is 0.731. The molecule has 6 rings (SSSR count). The van der Waals surface area contributed by atoms with Crippen molar-refractivity contribution >= 4 is 5.78 Å². The van der Waals surface area contributed by atoms with Crippen molar-refractivity contribution in [3.05, 3.63) is 35.9 Å². The molecule has 0 spiro atoms. The molecule has 4 bridgehead atoms. The summed E-state index contributed by atoms with van der Waals surface area (Å²) in [5, 5.41) is 3.45. The highest BCUT2D eigenvalue weighted by molar-refractivity contribution is 5.86. The van der Waals surface area contributed by atoms with Gasteiger partial charge in [0.1, 0.15) is 5.78 Å². The number of benzene rings is 1. The minimum Gasteiger partial charge on any atom is -0.381 e. The van der Waals surface area contributed by atoms with E-state index in [1.165, 1.54) is 37.7 Å². The van der Waals surface area contributed by atoms with Gasteiger partial charge in [0.05, 0.1) is 6.61 Å². The van der Waals surface area contributed by atoms with E-state index in [0.29, 0.717) is 17.6 Å². The van der Waals surface area contributed by atoms with Crippen LogP contribution in [-0.4, -0.2) is 32.1 Å². The monoisotopic (exact) mass is 395 g/mol. The molecule has 0 aromatic heterocycles. The molecule has 4 atom stereocenters. The molecule has 1 aromatic carbocycles. The molecule has 3 heteroatoms. The molecule has 1 N–H and O–H groups in total. The van der Waals surface area contributed by atoms with E-state index < -0.39 is 0 Å². The molecule has 1 aliphatic heterocycles. The topological polar surface area (TPSA) is 38.3 Å². The second kappa shape index (κ2) is 7.50. The Balaban J connectivity index is 1.48. The number of nitrogens with one attached hydrogen (secondary N) is 1. The van der Waals surface area contributed by atoms with Crippen LogP contribution in [0.25, 0.3) is 0 Å². The fourth-order valence-electron chi connectivity index (χ4n) is 8.11. The summed E-state index contributed by atoms with van der Waals surface area (Å²) in [5.41, 5.74) is 1.76. The molecule has 5 fully saturated rings. The van der Waals surface area contributed by atoms with Gasteiger partial charge in [-0.2, -0.15) is 0 Å². The Hall–Kier alpha value is -1.19. The van der Waals surface area contributed by atoms with Crippen molar-refractivity contribution < 1.29 is 9.53 Å². The normalized spacial score (nSPS) is 39.0. The van der Waals surface area contributed by atoms with Crippen molar-refractivity contribution in [3.63, 3.8) is 0 Å². The molecular formula is C26H37NO2. The molecule has 0 radical (unpaired) electrons. The maximum absolute atomic E-state index is 13.9. The minimum absolute atomic E-state index is 0.1000. The lowest BCUT2D eigenvalue weighted by molar-refractivity contribution is -0.171. The van der Waals surface area contributed by atoms with E-state index in [2.05, 4.69) is 42.6 Å². The van der Waals surface area contributed by atoms with Gasteiger partial charge in [0.25, 0.3) is 0 Å². The Morgan fingerprint density at radius 3 is 2.62 bits per heavy atom. The number of ether oxygens (including phenoxy) is 1. The van der Waals surface area contributed by atoms with E-state index in [0.717, 1.165) is 52.0 Å². The molecule has 1 heterocycles. The minimum atomic E-state index is -0.1000. The lowest BCUT2D eigenvalue weighted by Gasteiger charge is -2.66. The molecule has 5 aliphatic rings. The van der Waals surface area contributed by atoms with Crippen LogP contribution in [0.4, 0.5) is 0 Å². The fourth-order valence-corrected chi connectivity index (χ4v) is 8.11. The number of rotatable bonds is 7. The van der Waals surface area contributed by atoms with Crippen LogP contribution in [0.15, 0.2) is 30.3 Å². The molecule has 1 aromatic rings. The van der Waals surface area contributed by atoms with Crippen LogP contribution in [0, 0.1) is 22.7 Å². The molecule has 158 valence electrons. The number of carbonyl (C=O) groups excluding carboxylic acids is 1. The number of piperidine rings is 1. The highest BCUT2D eigenvalue weighted by atomic mass is 16.5. The summed E-state index contributed by atoms with van der Waals surface area (Å²) in [6.45, 7) is 5.88. The zero-order valence-electron chi connectivity index (χ0n) is 18.1. The van der Waals surface area contributed by atoms with E-state index >= 15 is 0 Å². The van der Waals surface area contributed by atoms with Crippen LogP contribution in [0.1, 0.15) is 70.3 Å². The largest absolute Gasteiger partial charge is 0.381 e. The Bertz CT molecular complexity index is 742. The first-order chi connectivity index (χ1) is 14.1. The summed E-state index contributed by atoms with van der Waals surface area (Å²) in [6, 6.07) is 11.1. The van der Waals surface area contributed by atoms with Crippen LogP contribution in [0.5, 0.6) is 0 Å². The standard InChI is InChI=1S/C26H37NO2/c1-2-29-19-24-13-21-14-25(16-24,22-6-4-3-5-7-22)18-26(15-21,17-24)23(28)12-20-8-10-27-11-9-20/h3-7,20-21,27H,2,8-19H2,1H3/t21?,24-,25+,26?/m0/s1. The number of hydrogen-bond donors (Lipinski definition) is 1. The third-order valence-corrected chi connectivity index (χ3v) is 8.71. The quantitative estimate of drug-likeness (QED) is 0.714. The molecule has 1 saturated heterocycles. The predicted octanol–water partition coefficient (Wildman–Crippen LogP) is 4.89. The average molecular weight is 396 g/mol. The zero-order chi connectivity index (χ0) is 20.0. The van der Waals surface area contributed by atoms with Gasteiger partial charge in [-0.05, 0) is 99.6 Å². The van der Waals surface area contributed by atoms with Gasteiger partial charge in [0, 0.05) is 18.4 Å². The lowest BCUT2D eigenvalue weighted by atomic mass is 9.37. The molecule has 4 aliphatic carbocycles. The van der Waals surface area contributed by atoms with Gasteiger partial charge in [0.2, 0.25) is 0 Å². The summed E-state index contributed by atoms with van der Waals surface area (Å²) in [6.07, 6.45) is 10.2. The van der Waals surface area contributed by atoms with Crippen LogP contribution in [-0.2, 0) is 14.9 Å². The van der Waals surface area contributed by atoms with Crippen molar-refractivity contribution in [2.75, 3.05) is 26.3 Å². The number of Topliss-reactive ketones (excluding diaryl/α,β-unsaturated/α-hetero) is 1. The van der Waals surface area contributed by atoms with Gasteiger partial charge in [-0.25, -0.2) is 0 Å². The SMILES string of the molecule is CCOC[C@]12CC3CC(C(=O)CC4CCNCC4)(C1)C[C@@](c1ccccc1)(C3)C2. The number of carbonyl (C=O) groups is 1. The van der Waals surface area contributed by atoms with Gasteiger partial charge in [-0.3, -0.25) is 4.79 Å². The van der Waals surface area contributed by atoms with E-state index in [1.807, 2.05) is 0 Å². The molecule has 2 unspecified atom stereocenters. The first-order valence-electron chi connectivity index (χ1n) is 11.9. The predicted molar refractivity (Wildman–Crippen MR) is 116 cm³/mol. The van der Waals surface area contributed by atoms with Crippen molar-refractivity contribution in [1.82, 2.24) is 5.32 Å². The van der Waals surface area contributed by atoms with E-state index in [9.17, 15) is 4.79 Å². The van der Waals surface area contributed by atoms with Crippen molar-refractivity contribution in [3.8, 4) is 0 Å². The molecule has 0 amide bonds. The molecular weight excluding hydrogens is 358 g/mol. The first kappa shape index (κ1) is 19.8. The zero-order valence-corrected chi connectivity index (χ0v) is 18.1. The van der Waals surface area contributed by atoms with E-state index in [1.54, 1.807) is 0 Å². The van der Waals surface area contributed by atoms with E-state index in [-0.39, 0.29) is 16.2 Å². The average Bonchev–Trinajstić information content (AvgIpc) is 2.73. The Kier molecular flexibility index (Phi) is 5.11. The number of hydrogen-bond acceptors (Lipinski definition) is 3. The first-order valence-corrected chi connectivity index (χ1v) is 11.9.